The van der Waals surface area contributed by atoms with Crippen LogP contribution in [-0.2, 0) is 9.53 Å². The lowest BCUT2D eigenvalue weighted by atomic mass is 10.1. The quantitative estimate of drug-likeness (QED) is 0.542. The molecule has 0 spiro atoms. The molecule has 0 radical (unpaired) electrons. The van der Waals surface area contributed by atoms with Gasteiger partial charge in [-0.25, -0.2) is 18.0 Å². The molecular formula is C19H14F3NO4. The Hall–Kier alpha value is -3.29. The van der Waals surface area contributed by atoms with Gasteiger partial charge in [-0.1, -0.05) is 18.2 Å². The average molecular weight is 377 g/mol. The lowest BCUT2D eigenvalue weighted by molar-refractivity contribution is -0.123. The first kappa shape index (κ1) is 18.5. The van der Waals surface area contributed by atoms with Crippen LogP contribution >= 0.6 is 0 Å². The van der Waals surface area contributed by atoms with E-state index in [0.29, 0.717) is 17.2 Å². The van der Waals surface area contributed by atoms with E-state index in [2.05, 4.69) is 0 Å². The molecule has 0 aliphatic heterocycles. The SMILES string of the molecule is Cc1c(C(=O)O[C@@H](C)C(=O)Nc2ccc(F)c(F)c2F)oc2ccccc12. The average Bonchev–Trinajstić information content (AvgIpc) is 2.99. The van der Waals surface area contributed by atoms with Gasteiger partial charge in [0.2, 0.25) is 5.76 Å². The molecule has 0 aliphatic carbocycles. The maximum Gasteiger partial charge on any atom is 0.375 e. The maximum atomic E-state index is 13.6. The van der Waals surface area contributed by atoms with E-state index in [-0.39, 0.29) is 5.76 Å². The highest BCUT2D eigenvalue weighted by molar-refractivity contribution is 5.99. The number of furan rings is 1. The van der Waals surface area contributed by atoms with Crippen LogP contribution < -0.4 is 5.32 Å². The third kappa shape index (κ3) is 3.51. The minimum Gasteiger partial charge on any atom is -0.449 e. The van der Waals surface area contributed by atoms with Crippen LogP contribution in [0.15, 0.2) is 40.8 Å². The number of fused-ring (bicyclic) bond motifs is 1. The monoisotopic (exact) mass is 377 g/mol. The van der Waals surface area contributed by atoms with Crippen LogP contribution in [0.2, 0.25) is 0 Å². The van der Waals surface area contributed by atoms with E-state index in [0.717, 1.165) is 11.5 Å². The van der Waals surface area contributed by atoms with Crippen molar-refractivity contribution in [3.63, 3.8) is 0 Å². The summed E-state index contributed by atoms with van der Waals surface area (Å²) in [7, 11) is 0. The van der Waals surface area contributed by atoms with Gasteiger partial charge >= 0.3 is 5.97 Å². The standard InChI is InChI=1S/C19H14F3NO4/c1-9-11-5-3-4-6-14(11)27-17(9)19(25)26-10(2)18(24)23-13-8-7-12(20)15(21)16(13)22/h3-8,10H,1-2H3,(H,23,24)/t10-/m0/s1. The third-order valence-electron chi connectivity index (χ3n) is 3.98. The highest BCUT2D eigenvalue weighted by Gasteiger charge is 2.25. The second-order valence-electron chi connectivity index (χ2n) is 5.81. The van der Waals surface area contributed by atoms with Crippen molar-refractivity contribution in [1.82, 2.24) is 0 Å². The van der Waals surface area contributed by atoms with Crippen molar-refractivity contribution in [1.29, 1.82) is 0 Å². The van der Waals surface area contributed by atoms with Crippen LogP contribution in [0.4, 0.5) is 18.9 Å². The number of halogens is 3. The largest absolute Gasteiger partial charge is 0.449 e. The van der Waals surface area contributed by atoms with Crippen molar-refractivity contribution in [3.05, 3.63) is 65.2 Å². The number of rotatable bonds is 4. The molecule has 0 bridgehead atoms. The second kappa shape index (κ2) is 7.14. The Labute approximate surface area is 151 Å². The van der Waals surface area contributed by atoms with Crippen LogP contribution in [0.3, 0.4) is 0 Å². The summed E-state index contributed by atoms with van der Waals surface area (Å²) in [6.45, 7) is 2.92. The number of hydrogen-bond acceptors (Lipinski definition) is 4. The molecule has 1 heterocycles. The lowest BCUT2D eigenvalue weighted by Crippen LogP contribution is -2.30. The molecule has 0 saturated carbocycles. The minimum absolute atomic E-state index is 0.0603. The number of amides is 1. The van der Waals surface area contributed by atoms with Gasteiger partial charge in [0, 0.05) is 10.9 Å². The number of carbonyl (C=O) groups excluding carboxylic acids is 2. The van der Waals surface area contributed by atoms with Gasteiger partial charge in [0.05, 0.1) is 5.69 Å². The van der Waals surface area contributed by atoms with E-state index in [9.17, 15) is 22.8 Å². The van der Waals surface area contributed by atoms with E-state index in [1.54, 1.807) is 31.2 Å². The van der Waals surface area contributed by atoms with Crippen LogP contribution in [-0.4, -0.2) is 18.0 Å². The van der Waals surface area contributed by atoms with Crippen molar-refractivity contribution >= 4 is 28.5 Å². The van der Waals surface area contributed by atoms with Gasteiger partial charge in [-0.15, -0.1) is 0 Å². The topological polar surface area (TPSA) is 68.5 Å². The first-order valence-corrected chi connectivity index (χ1v) is 7.93. The Morgan fingerprint density at radius 1 is 1.07 bits per heavy atom. The normalized spacial score (nSPS) is 12.0. The minimum atomic E-state index is -1.71. The Morgan fingerprint density at radius 2 is 1.78 bits per heavy atom. The number of benzene rings is 2. The molecule has 1 N–H and O–H groups in total. The Kier molecular flexibility index (Phi) is 4.89. The van der Waals surface area contributed by atoms with E-state index >= 15 is 0 Å². The second-order valence-corrected chi connectivity index (χ2v) is 5.81. The van der Waals surface area contributed by atoms with E-state index < -0.39 is 41.1 Å². The van der Waals surface area contributed by atoms with Gasteiger partial charge in [-0.2, -0.15) is 0 Å². The van der Waals surface area contributed by atoms with Gasteiger partial charge in [0.15, 0.2) is 23.6 Å². The summed E-state index contributed by atoms with van der Waals surface area (Å²) >= 11 is 0. The predicted molar refractivity (Wildman–Crippen MR) is 90.8 cm³/mol. The molecule has 27 heavy (non-hydrogen) atoms. The van der Waals surface area contributed by atoms with Crippen LogP contribution in [0, 0.1) is 24.4 Å². The Balaban J connectivity index is 1.73. The van der Waals surface area contributed by atoms with Gasteiger partial charge in [0.1, 0.15) is 5.58 Å². The zero-order valence-electron chi connectivity index (χ0n) is 14.3. The number of para-hydroxylation sites is 1. The van der Waals surface area contributed by atoms with Crippen molar-refractivity contribution in [2.75, 3.05) is 5.32 Å². The molecule has 0 unspecified atom stereocenters. The van der Waals surface area contributed by atoms with Crippen molar-refractivity contribution in [3.8, 4) is 0 Å². The number of carbonyl (C=O) groups is 2. The summed E-state index contributed by atoms with van der Waals surface area (Å²) in [6.07, 6.45) is -1.34. The molecule has 2 aromatic carbocycles. The molecule has 1 aromatic heterocycles. The molecule has 0 aliphatic rings. The van der Waals surface area contributed by atoms with Crippen LogP contribution in [0.25, 0.3) is 11.0 Å². The molecule has 5 nitrogen and oxygen atoms in total. The Bertz CT molecular complexity index is 1040. The van der Waals surface area contributed by atoms with Gasteiger partial charge in [-0.05, 0) is 32.0 Å². The van der Waals surface area contributed by atoms with E-state index in [4.69, 9.17) is 9.15 Å². The summed E-state index contributed by atoms with van der Waals surface area (Å²) in [5.74, 6) is -6.50. The number of hydrogen-bond donors (Lipinski definition) is 1. The zero-order valence-corrected chi connectivity index (χ0v) is 14.3. The van der Waals surface area contributed by atoms with Gasteiger partial charge in [-0.3, -0.25) is 4.79 Å². The van der Waals surface area contributed by atoms with Gasteiger partial charge in [0.25, 0.3) is 5.91 Å². The number of anilines is 1. The van der Waals surface area contributed by atoms with Crippen molar-refractivity contribution in [2.45, 2.75) is 20.0 Å². The van der Waals surface area contributed by atoms with Crippen molar-refractivity contribution < 1.29 is 31.9 Å². The summed E-state index contributed by atoms with van der Waals surface area (Å²) in [6, 6.07) is 8.51. The fourth-order valence-electron chi connectivity index (χ4n) is 2.49. The molecule has 3 aromatic rings. The highest BCUT2D eigenvalue weighted by Crippen LogP contribution is 2.26. The summed E-state index contributed by atoms with van der Waals surface area (Å²) in [5, 5.41) is 2.77. The number of aryl methyl sites for hydroxylation is 1. The molecule has 3 rings (SSSR count). The number of esters is 1. The first-order valence-electron chi connectivity index (χ1n) is 7.93. The van der Waals surface area contributed by atoms with E-state index in [1.807, 2.05) is 5.32 Å². The first-order chi connectivity index (χ1) is 12.8. The Morgan fingerprint density at radius 3 is 2.48 bits per heavy atom. The summed E-state index contributed by atoms with van der Waals surface area (Å²) < 4.78 is 50.3. The molecule has 8 heteroatoms. The maximum absolute atomic E-state index is 13.6. The van der Waals surface area contributed by atoms with Crippen molar-refractivity contribution in [2.24, 2.45) is 0 Å². The summed E-state index contributed by atoms with van der Waals surface area (Å²) in [4.78, 5) is 24.4. The highest BCUT2D eigenvalue weighted by atomic mass is 19.2. The predicted octanol–water partition coefficient (Wildman–Crippen LogP) is 4.34. The van der Waals surface area contributed by atoms with Crippen LogP contribution in [0.1, 0.15) is 23.0 Å². The van der Waals surface area contributed by atoms with E-state index in [1.165, 1.54) is 6.92 Å². The summed E-state index contributed by atoms with van der Waals surface area (Å²) in [5.41, 5.74) is 0.472. The zero-order chi connectivity index (χ0) is 19.7. The number of ether oxygens (including phenoxy) is 1. The fraction of sp³-hybridized carbons (Fsp3) is 0.158. The van der Waals surface area contributed by atoms with Gasteiger partial charge < -0.3 is 14.5 Å². The molecule has 0 saturated heterocycles. The molecule has 140 valence electrons. The third-order valence-corrected chi connectivity index (χ3v) is 3.98. The molecule has 1 amide bonds. The molecule has 1 atom stereocenters. The fourth-order valence-corrected chi connectivity index (χ4v) is 2.49. The lowest BCUT2D eigenvalue weighted by Gasteiger charge is -2.13. The number of nitrogens with one attached hydrogen (secondary N) is 1. The van der Waals surface area contributed by atoms with Crippen LogP contribution in [0.5, 0.6) is 0 Å². The molecule has 0 fully saturated rings. The smallest absolute Gasteiger partial charge is 0.375 e. The molecular weight excluding hydrogens is 363 g/mol.